The van der Waals surface area contributed by atoms with Crippen LogP contribution in [-0.4, -0.2) is 41.4 Å². The highest BCUT2D eigenvalue weighted by Gasteiger charge is 2.20. The molecule has 0 aliphatic heterocycles. The molecule has 0 saturated carbocycles. The molecule has 0 aliphatic carbocycles. The van der Waals surface area contributed by atoms with E-state index >= 15 is 0 Å². The maximum Gasteiger partial charge on any atom is 0.242 e. The molecule has 28 heavy (non-hydrogen) atoms. The number of aryl methyl sites for hydroxylation is 2. The summed E-state index contributed by atoms with van der Waals surface area (Å²) in [5.41, 5.74) is 2.76. The van der Waals surface area contributed by atoms with Gasteiger partial charge in [0, 0.05) is 31.8 Å². The third-order valence-corrected chi connectivity index (χ3v) is 8.31. The number of aromatic nitrogens is 3. The Bertz CT molecular complexity index is 1050. The molecule has 3 aromatic rings. The van der Waals surface area contributed by atoms with E-state index in [0.29, 0.717) is 5.52 Å². The zero-order valence-electron chi connectivity index (χ0n) is 16.7. The van der Waals surface area contributed by atoms with Gasteiger partial charge in [-0.3, -0.25) is 0 Å². The standard InChI is InChI=1S/C19H26N4O2S3/c1-5-7-10-23-17-9-8-15(28(24,25)22(3)4)11-16(17)21-19(23)27-13-14-12-26-18(6-2)20-14/h8-9,11-12H,5-7,10,13H2,1-4H3. The van der Waals surface area contributed by atoms with Gasteiger partial charge in [-0.2, -0.15) is 0 Å². The highest BCUT2D eigenvalue weighted by Crippen LogP contribution is 2.29. The van der Waals surface area contributed by atoms with E-state index in [0.717, 1.165) is 52.9 Å². The summed E-state index contributed by atoms with van der Waals surface area (Å²) in [6.45, 7) is 5.14. The molecule has 2 heterocycles. The SMILES string of the molecule is CCCCn1c(SCc2csc(CC)n2)nc2cc(S(=O)(=O)N(C)C)ccc21. The van der Waals surface area contributed by atoms with Crippen LogP contribution in [-0.2, 0) is 28.7 Å². The molecule has 2 aromatic heterocycles. The molecule has 0 atom stereocenters. The second kappa shape index (κ2) is 8.94. The number of benzene rings is 1. The van der Waals surface area contributed by atoms with Gasteiger partial charge in [0.1, 0.15) is 0 Å². The van der Waals surface area contributed by atoms with Crippen molar-refractivity contribution in [2.24, 2.45) is 0 Å². The summed E-state index contributed by atoms with van der Waals surface area (Å²) >= 11 is 3.35. The molecule has 0 amide bonds. The van der Waals surface area contributed by atoms with Gasteiger partial charge in [0.2, 0.25) is 10.0 Å². The monoisotopic (exact) mass is 438 g/mol. The topological polar surface area (TPSA) is 68.1 Å². The van der Waals surface area contributed by atoms with Crippen molar-refractivity contribution < 1.29 is 8.42 Å². The maximum absolute atomic E-state index is 12.5. The summed E-state index contributed by atoms with van der Waals surface area (Å²) in [6.07, 6.45) is 3.09. The molecular weight excluding hydrogens is 412 g/mol. The van der Waals surface area contributed by atoms with Crippen LogP contribution in [0.25, 0.3) is 11.0 Å². The molecule has 6 nitrogen and oxygen atoms in total. The number of fused-ring (bicyclic) bond motifs is 1. The Morgan fingerprint density at radius 3 is 2.64 bits per heavy atom. The van der Waals surface area contributed by atoms with Crippen LogP contribution in [0.3, 0.4) is 0 Å². The number of rotatable bonds is 9. The van der Waals surface area contributed by atoms with E-state index in [2.05, 4.69) is 28.8 Å². The van der Waals surface area contributed by atoms with Crippen molar-refractivity contribution in [3.05, 3.63) is 34.3 Å². The van der Waals surface area contributed by atoms with Crippen molar-refractivity contribution in [3.63, 3.8) is 0 Å². The number of thioether (sulfide) groups is 1. The number of sulfonamides is 1. The lowest BCUT2D eigenvalue weighted by atomic mass is 10.3. The van der Waals surface area contributed by atoms with E-state index in [1.807, 2.05) is 6.07 Å². The smallest absolute Gasteiger partial charge is 0.242 e. The summed E-state index contributed by atoms with van der Waals surface area (Å²) in [5, 5.41) is 4.16. The predicted octanol–water partition coefficient (Wildman–Crippen LogP) is 4.40. The first kappa shape index (κ1) is 21.3. The van der Waals surface area contributed by atoms with Gasteiger partial charge in [-0.1, -0.05) is 32.0 Å². The van der Waals surface area contributed by atoms with Gasteiger partial charge in [-0.05, 0) is 31.0 Å². The van der Waals surface area contributed by atoms with Gasteiger partial charge < -0.3 is 4.57 Å². The molecule has 0 aliphatic rings. The Balaban J connectivity index is 1.95. The fourth-order valence-electron chi connectivity index (χ4n) is 2.82. The molecule has 0 spiro atoms. The van der Waals surface area contributed by atoms with Crippen LogP contribution in [0.1, 0.15) is 37.4 Å². The largest absolute Gasteiger partial charge is 0.319 e. The molecule has 0 bridgehead atoms. The first-order valence-electron chi connectivity index (χ1n) is 9.35. The number of nitrogens with zero attached hydrogens (tertiary/aromatic N) is 4. The summed E-state index contributed by atoms with van der Waals surface area (Å²) in [4.78, 5) is 9.66. The van der Waals surface area contributed by atoms with Crippen LogP contribution in [0.5, 0.6) is 0 Å². The zero-order valence-corrected chi connectivity index (χ0v) is 19.1. The van der Waals surface area contributed by atoms with Gasteiger partial charge >= 0.3 is 0 Å². The molecule has 152 valence electrons. The lowest BCUT2D eigenvalue weighted by molar-refractivity contribution is 0.521. The second-order valence-corrected chi connectivity index (χ2v) is 10.7. The minimum Gasteiger partial charge on any atom is -0.319 e. The predicted molar refractivity (Wildman–Crippen MR) is 117 cm³/mol. The number of hydrogen-bond acceptors (Lipinski definition) is 6. The molecule has 0 saturated heterocycles. The normalized spacial score (nSPS) is 12.3. The van der Waals surface area contributed by atoms with Crippen molar-refractivity contribution in [3.8, 4) is 0 Å². The first-order valence-corrected chi connectivity index (χ1v) is 12.7. The first-order chi connectivity index (χ1) is 13.4. The molecule has 0 fully saturated rings. The number of imidazole rings is 1. The van der Waals surface area contributed by atoms with Crippen molar-refractivity contribution in [2.45, 2.75) is 55.5 Å². The molecule has 0 radical (unpaired) electrons. The summed E-state index contributed by atoms with van der Waals surface area (Å²) in [7, 11) is -0.394. The molecule has 0 N–H and O–H groups in total. The van der Waals surface area contributed by atoms with E-state index < -0.39 is 10.0 Å². The quantitative estimate of drug-likeness (QED) is 0.463. The van der Waals surface area contributed by atoms with Crippen molar-refractivity contribution >= 4 is 44.2 Å². The number of hydrogen-bond donors (Lipinski definition) is 0. The Hall–Kier alpha value is -1.42. The van der Waals surface area contributed by atoms with E-state index in [1.165, 1.54) is 4.31 Å². The second-order valence-electron chi connectivity index (χ2n) is 6.71. The molecule has 1 aromatic carbocycles. The van der Waals surface area contributed by atoms with Crippen LogP contribution >= 0.6 is 23.1 Å². The van der Waals surface area contributed by atoms with Crippen molar-refractivity contribution in [1.82, 2.24) is 18.8 Å². The van der Waals surface area contributed by atoms with E-state index in [1.54, 1.807) is 49.3 Å². The zero-order chi connectivity index (χ0) is 20.3. The van der Waals surface area contributed by atoms with Crippen molar-refractivity contribution in [1.29, 1.82) is 0 Å². The number of thiazole rings is 1. The van der Waals surface area contributed by atoms with Crippen LogP contribution in [0.15, 0.2) is 33.6 Å². The third-order valence-electron chi connectivity index (χ3n) is 4.45. The van der Waals surface area contributed by atoms with Crippen molar-refractivity contribution in [2.75, 3.05) is 14.1 Å². The summed E-state index contributed by atoms with van der Waals surface area (Å²) < 4.78 is 28.3. The highest BCUT2D eigenvalue weighted by atomic mass is 32.2. The van der Waals surface area contributed by atoms with Crippen LogP contribution in [0.4, 0.5) is 0 Å². The minimum atomic E-state index is -3.48. The van der Waals surface area contributed by atoms with E-state index in [-0.39, 0.29) is 4.90 Å². The lowest BCUT2D eigenvalue weighted by Gasteiger charge is -2.11. The number of unbranched alkanes of at least 4 members (excludes halogenated alkanes) is 1. The molecule has 3 rings (SSSR count). The fraction of sp³-hybridized carbons (Fsp3) is 0.474. The Morgan fingerprint density at radius 2 is 2.00 bits per heavy atom. The summed E-state index contributed by atoms with van der Waals surface area (Å²) in [5.74, 6) is 0.759. The van der Waals surface area contributed by atoms with E-state index in [4.69, 9.17) is 4.98 Å². The van der Waals surface area contributed by atoms with E-state index in [9.17, 15) is 8.42 Å². The summed E-state index contributed by atoms with van der Waals surface area (Å²) in [6, 6.07) is 5.22. The molecular formula is C19H26N4O2S3. The highest BCUT2D eigenvalue weighted by molar-refractivity contribution is 7.98. The Kier molecular flexibility index (Phi) is 6.80. The average molecular weight is 439 g/mol. The molecule has 9 heteroatoms. The van der Waals surface area contributed by atoms with Gasteiger partial charge in [-0.15, -0.1) is 11.3 Å². The lowest BCUT2D eigenvalue weighted by Crippen LogP contribution is -2.22. The van der Waals surface area contributed by atoms with Gasteiger partial charge in [0.25, 0.3) is 0 Å². The van der Waals surface area contributed by atoms with Gasteiger partial charge in [-0.25, -0.2) is 22.7 Å². The molecule has 0 unspecified atom stereocenters. The van der Waals surface area contributed by atoms with Crippen LogP contribution in [0, 0.1) is 0 Å². The van der Waals surface area contributed by atoms with Gasteiger partial charge in [0.05, 0.1) is 26.6 Å². The maximum atomic E-state index is 12.5. The Morgan fingerprint density at radius 1 is 1.21 bits per heavy atom. The fourth-order valence-corrected chi connectivity index (χ4v) is 5.52. The minimum absolute atomic E-state index is 0.272. The van der Waals surface area contributed by atoms with Crippen LogP contribution in [0.2, 0.25) is 0 Å². The third kappa shape index (κ3) is 4.42. The average Bonchev–Trinajstić information content (AvgIpc) is 3.27. The van der Waals surface area contributed by atoms with Crippen LogP contribution < -0.4 is 0 Å². The Labute approximate surface area is 175 Å². The van der Waals surface area contributed by atoms with Gasteiger partial charge in [0.15, 0.2) is 5.16 Å².